The number of carbonyl (C=O) groups is 1. The number of amides is 1. The molecule has 4 rings (SSSR count). The standard InChI is InChI=1S/C21H26FN5O3/c22-16-3-1-14(2-4-16)13-30-17-10-27(11-17)12-19(23)26-21(28)18-9-24-20(25-18)15-5-7-29-8-6-15/h1-4,9,15,17H,5-8,10-13H2,(H,24,25)(H2,23,26,28). The lowest BCUT2D eigenvalue weighted by molar-refractivity contribution is -0.0563. The van der Waals surface area contributed by atoms with E-state index in [2.05, 4.69) is 19.9 Å². The number of imidazole rings is 1. The number of aliphatic imine (C=N–C) groups is 1. The molecular weight excluding hydrogens is 389 g/mol. The summed E-state index contributed by atoms with van der Waals surface area (Å²) in [6, 6.07) is 6.27. The molecule has 0 spiro atoms. The molecular formula is C21H26FN5O3. The molecule has 30 heavy (non-hydrogen) atoms. The summed E-state index contributed by atoms with van der Waals surface area (Å²) in [5, 5.41) is 0. The number of rotatable bonds is 7. The van der Waals surface area contributed by atoms with Crippen molar-refractivity contribution in [1.29, 1.82) is 0 Å². The smallest absolute Gasteiger partial charge is 0.296 e. The van der Waals surface area contributed by atoms with Gasteiger partial charge in [0.2, 0.25) is 0 Å². The third kappa shape index (κ3) is 5.29. The minimum Gasteiger partial charge on any atom is -0.386 e. The fraction of sp³-hybridized carbons (Fsp3) is 0.476. The Bertz CT molecular complexity index is 886. The maximum absolute atomic E-state index is 12.9. The third-order valence-corrected chi connectivity index (χ3v) is 5.39. The minimum absolute atomic E-state index is 0.0909. The number of aromatic amines is 1. The number of nitrogens with zero attached hydrogens (tertiary/aromatic N) is 3. The van der Waals surface area contributed by atoms with Gasteiger partial charge in [-0.05, 0) is 30.5 Å². The Morgan fingerprint density at radius 1 is 1.30 bits per heavy atom. The van der Waals surface area contributed by atoms with Crippen LogP contribution in [0.25, 0.3) is 0 Å². The van der Waals surface area contributed by atoms with Crippen molar-refractivity contribution in [2.45, 2.75) is 31.5 Å². The van der Waals surface area contributed by atoms with Gasteiger partial charge in [-0.25, -0.2) is 9.37 Å². The molecule has 0 atom stereocenters. The van der Waals surface area contributed by atoms with Crippen molar-refractivity contribution in [3.05, 3.63) is 53.4 Å². The van der Waals surface area contributed by atoms with E-state index in [1.165, 1.54) is 18.3 Å². The van der Waals surface area contributed by atoms with Gasteiger partial charge >= 0.3 is 0 Å². The van der Waals surface area contributed by atoms with E-state index in [4.69, 9.17) is 15.2 Å². The second-order valence-electron chi connectivity index (χ2n) is 7.73. The first kappa shape index (κ1) is 20.6. The Kier molecular flexibility index (Phi) is 6.51. The van der Waals surface area contributed by atoms with E-state index in [9.17, 15) is 9.18 Å². The Morgan fingerprint density at radius 2 is 2.03 bits per heavy atom. The van der Waals surface area contributed by atoms with Gasteiger partial charge in [0.1, 0.15) is 23.2 Å². The van der Waals surface area contributed by atoms with Gasteiger partial charge in [-0.3, -0.25) is 9.69 Å². The van der Waals surface area contributed by atoms with Gasteiger partial charge in [0, 0.05) is 32.2 Å². The average Bonchev–Trinajstić information content (AvgIpc) is 3.22. The van der Waals surface area contributed by atoms with E-state index >= 15 is 0 Å². The lowest BCUT2D eigenvalue weighted by atomic mass is 10.00. The maximum atomic E-state index is 12.9. The molecule has 2 fully saturated rings. The Hall–Kier alpha value is -2.62. The molecule has 0 saturated carbocycles. The fourth-order valence-electron chi connectivity index (χ4n) is 3.63. The van der Waals surface area contributed by atoms with Crippen LogP contribution in [0.15, 0.2) is 35.5 Å². The largest absolute Gasteiger partial charge is 0.386 e. The first-order valence-corrected chi connectivity index (χ1v) is 10.2. The summed E-state index contributed by atoms with van der Waals surface area (Å²) in [6.07, 6.45) is 3.40. The number of halogens is 1. The number of amidine groups is 1. The Balaban J connectivity index is 1.20. The van der Waals surface area contributed by atoms with Crippen LogP contribution < -0.4 is 5.73 Å². The highest BCUT2D eigenvalue weighted by Crippen LogP contribution is 2.24. The van der Waals surface area contributed by atoms with Gasteiger partial charge in [0.15, 0.2) is 0 Å². The van der Waals surface area contributed by atoms with E-state index < -0.39 is 5.91 Å². The molecule has 2 aliphatic heterocycles. The van der Waals surface area contributed by atoms with Gasteiger partial charge in [0.25, 0.3) is 5.91 Å². The fourth-order valence-corrected chi connectivity index (χ4v) is 3.63. The molecule has 160 valence electrons. The van der Waals surface area contributed by atoms with E-state index in [1.54, 1.807) is 12.1 Å². The summed E-state index contributed by atoms with van der Waals surface area (Å²) >= 11 is 0. The summed E-state index contributed by atoms with van der Waals surface area (Å²) < 4.78 is 24.1. The molecule has 0 radical (unpaired) electrons. The van der Waals surface area contributed by atoms with Crippen LogP contribution in [0.2, 0.25) is 0 Å². The van der Waals surface area contributed by atoms with Crippen LogP contribution in [0.3, 0.4) is 0 Å². The van der Waals surface area contributed by atoms with Crippen molar-refractivity contribution in [2.75, 3.05) is 32.8 Å². The monoisotopic (exact) mass is 415 g/mol. The third-order valence-electron chi connectivity index (χ3n) is 5.39. The van der Waals surface area contributed by atoms with E-state index in [0.717, 1.165) is 24.2 Å². The van der Waals surface area contributed by atoms with E-state index in [-0.39, 0.29) is 23.7 Å². The number of nitrogens with two attached hydrogens (primary N) is 1. The minimum atomic E-state index is -0.414. The number of hydrogen-bond donors (Lipinski definition) is 2. The molecule has 2 aromatic rings. The van der Waals surface area contributed by atoms with Crippen LogP contribution in [-0.4, -0.2) is 65.6 Å². The zero-order chi connectivity index (χ0) is 20.9. The van der Waals surface area contributed by atoms with Crippen molar-refractivity contribution >= 4 is 11.7 Å². The molecule has 1 amide bonds. The lowest BCUT2D eigenvalue weighted by Crippen LogP contribution is -2.54. The molecule has 8 nitrogen and oxygen atoms in total. The van der Waals surface area contributed by atoms with Crippen molar-refractivity contribution in [2.24, 2.45) is 10.7 Å². The molecule has 9 heteroatoms. The number of benzene rings is 1. The summed E-state index contributed by atoms with van der Waals surface area (Å²) in [6.45, 7) is 3.70. The highest BCUT2D eigenvalue weighted by Gasteiger charge is 2.28. The quantitative estimate of drug-likeness (QED) is 0.528. The van der Waals surface area contributed by atoms with Gasteiger partial charge in [-0.15, -0.1) is 0 Å². The van der Waals surface area contributed by atoms with E-state index in [0.29, 0.717) is 45.1 Å². The topological polar surface area (TPSA) is 106 Å². The first-order valence-electron chi connectivity index (χ1n) is 10.2. The molecule has 2 saturated heterocycles. The maximum Gasteiger partial charge on any atom is 0.296 e. The van der Waals surface area contributed by atoms with Gasteiger partial charge in [-0.1, -0.05) is 12.1 Å². The summed E-state index contributed by atoms with van der Waals surface area (Å²) in [5.74, 6) is 0.684. The molecule has 1 aromatic heterocycles. The Labute approximate surface area is 174 Å². The van der Waals surface area contributed by atoms with Gasteiger partial charge in [0.05, 0.1) is 25.5 Å². The number of likely N-dealkylation sites (tertiary alicyclic amines) is 1. The number of H-pyrrole nitrogens is 1. The predicted octanol–water partition coefficient (Wildman–Crippen LogP) is 1.84. The first-order chi connectivity index (χ1) is 14.6. The van der Waals surface area contributed by atoms with Crippen molar-refractivity contribution in [3.63, 3.8) is 0 Å². The number of aromatic nitrogens is 2. The van der Waals surface area contributed by atoms with E-state index in [1.807, 2.05) is 0 Å². The van der Waals surface area contributed by atoms with Crippen LogP contribution in [0, 0.1) is 5.82 Å². The van der Waals surface area contributed by atoms with Crippen molar-refractivity contribution < 1.29 is 18.7 Å². The highest BCUT2D eigenvalue weighted by molar-refractivity contribution is 6.02. The molecule has 2 aliphatic rings. The van der Waals surface area contributed by atoms with Crippen LogP contribution in [0.4, 0.5) is 4.39 Å². The lowest BCUT2D eigenvalue weighted by Gasteiger charge is -2.38. The van der Waals surface area contributed by atoms with Crippen molar-refractivity contribution in [1.82, 2.24) is 14.9 Å². The molecule has 3 N–H and O–H groups in total. The summed E-state index contributed by atoms with van der Waals surface area (Å²) in [7, 11) is 0. The number of hydrogen-bond acceptors (Lipinski definition) is 5. The number of carbonyl (C=O) groups excluding carboxylic acids is 1. The van der Waals surface area contributed by atoms with Crippen LogP contribution in [0.1, 0.15) is 40.6 Å². The molecule has 0 bridgehead atoms. The highest BCUT2D eigenvalue weighted by atomic mass is 19.1. The molecule has 3 heterocycles. The Morgan fingerprint density at radius 3 is 2.77 bits per heavy atom. The average molecular weight is 415 g/mol. The second kappa shape index (κ2) is 9.46. The van der Waals surface area contributed by atoms with Crippen LogP contribution >= 0.6 is 0 Å². The number of ether oxygens (including phenoxy) is 2. The SMILES string of the molecule is NC(CN1CC(OCc2ccc(F)cc2)C1)=NC(=O)c1cnc(C2CCOCC2)[nH]1. The molecule has 0 unspecified atom stereocenters. The van der Waals surface area contributed by atoms with Gasteiger partial charge in [-0.2, -0.15) is 4.99 Å². The zero-order valence-electron chi connectivity index (χ0n) is 16.7. The predicted molar refractivity (Wildman–Crippen MR) is 109 cm³/mol. The molecule has 1 aromatic carbocycles. The van der Waals surface area contributed by atoms with Gasteiger partial charge < -0.3 is 20.2 Å². The summed E-state index contributed by atoms with van der Waals surface area (Å²) in [4.78, 5) is 25.8. The molecule has 0 aliphatic carbocycles. The number of nitrogens with one attached hydrogen (secondary N) is 1. The zero-order valence-corrected chi connectivity index (χ0v) is 16.7. The summed E-state index contributed by atoms with van der Waals surface area (Å²) in [5.41, 5.74) is 7.24. The second-order valence-corrected chi connectivity index (χ2v) is 7.73. The normalized spacial score (nSPS) is 19.0. The van der Waals surface area contributed by atoms with Crippen molar-refractivity contribution in [3.8, 4) is 0 Å². The van der Waals surface area contributed by atoms with Crippen LogP contribution in [0.5, 0.6) is 0 Å². The van der Waals surface area contributed by atoms with Crippen LogP contribution in [-0.2, 0) is 16.1 Å².